The molecule has 1 aliphatic heterocycles. The minimum Gasteiger partial charge on any atom is -0.378 e. The summed E-state index contributed by atoms with van der Waals surface area (Å²) in [5.74, 6) is 1.44. The minimum atomic E-state index is 0. The van der Waals surface area contributed by atoms with Gasteiger partial charge in [0.25, 0.3) is 0 Å². The Labute approximate surface area is 183 Å². The molecular formula is C21H28IN5O. The molecule has 0 unspecified atom stereocenters. The molecule has 1 saturated heterocycles. The monoisotopic (exact) mass is 493 g/mol. The fraction of sp³-hybridized carbons (Fsp3) is 0.429. The summed E-state index contributed by atoms with van der Waals surface area (Å²) in [4.78, 5) is 11.3. The van der Waals surface area contributed by atoms with Crippen molar-refractivity contribution in [2.24, 2.45) is 10.7 Å². The standard InChI is InChI=1S/C21H27N5O.HI/c22-21(25-19-7-3-5-17-4-1-2-6-18(17)19)24-15-16-8-9-23-20(14-16)26-10-12-27-13-11-26;/h3,5,7-9,14H,1-2,4,6,10-13,15H2,(H3,22,24,25);1H. The first-order valence-corrected chi connectivity index (χ1v) is 9.75. The highest BCUT2D eigenvalue weighted by molar-refractivity contribution is 14.0. The molecule has 0 amide bonds. The van der Waals surface area contributed by atoms with E-state index in [0.717, 1.165) is 56.2 Å². The molecule has 150 valence electrons. The van der Waals surface area contributed by atoms with Crippen LogP contribution in [0.3, 0.4) is 0 Å². The van der Waals surface area contributed by atoms with Gasteiger partial charge >= 0.3 is 0 Å². The van der Waals surface area contributed by atoms with Crippen LogP contribution >= 0.6 is 24.0 Å². The zero-order valence-corrected chi connectivity index (χ0v) is 18.4. The van der Waals surface area contributed by atoms with Gasteiger partial charge in [0.1, 0.15) is 5.82 Å². The lowest BCUT2D eigenvalue weighted by molar-refractivity contribution is 0.122. The van der Waals surface area contributed by atoms with Crippen LogP contribution in [0.15, 0.2) is 41.5 Å². The number of benzene rings is 1. The maximum Gasteiger partial charge on any atom is 0.193 e. The molecule has 3 N–H and O–H groups in total. The molecule has 1 aromatic carbocycles. The van der Waals surface area contributed by atoms with Gasteiger partial charge < -0.3 is 20.7 Å². The number of hydrogen-bond donors (Lipinski definition) is 2. The highest BCUT2D eigenvalue weighted by atomic mass is 127. The average molecular weight is 493 g/mol. The van der Waals surface area contributed by atoms with Gasteiger partial charge in [-0.25, -0.2) is 9.98 Å². The zero-order chi connectivity index (χ0) is 18.5. The first-order valence-electron chi connectivity index (χ1n) is 9.75. The number of aliphatic imine (C=N–C) groups is 1. The van der Waals surface area contributed by atoms with E-state index in [2.05, 4.69) is 44.5 Å². The van der Waals surface area contributed by atoms with Crippen LogP contribution < -0.4 is 16.0 Å². The Hall–Kier alpha value is -1.87. The van der Waals surface area contributed by atoms with Gasteiger partial charge in [0, 0.05) is 25.0 Å². The van der Waals surface area contributed by atoms with Gasteiger partial charge in [-0.2, -0.15) is 0 Å². The molecule has 0 saturated carbocycles. The Balaban J connectivity index is 0.00000225. The highest BCUT2D eigenvalue weighted by Gasteiger charge is 2.14. The van der Waals surface area contributed by atoms with Crippen LogP contribution in [-0.4, -0.2) is 37.2 Å². The second-order valence-electron chi connectivity index (χ2n) is 7.10. The molecule has 0 bridgehead atoms. The van der Waals surface area contributed by atoms with Crippen LogP contribution in [0.25, 0.3) is 0 Å². The lowest BCUT2D eigenvalue weighted by atomic mass is 9.90. The van der Waals surface area contributed by atoms with Gasteiger partial charge in [-0.05, 0) is 60.6 Å². The first kappa shape index (κ1) is 20.9. The van der Waals surface area contributed by atoms with E-state index in [4.69, 9.17) is 10.5 Å². The first-order chi connectivity index (χ1) is 13.3. The van der Waals surface area contributed by atoms with Gasteiger partial charge in [-0.3, -0.25) is 0 Å². The van der Waals surface area contributed by atoms with Gasteiger partial charge in [0.05, 0.1) is 19.8 Å². The third kappa shape index (κ3) is 5.14. The van der Waals surface area contributed by atoms with Crippen molar-refractivity contribution >= 4 is 41.4 Å². The van der Waals surface area contributed by atoms with E-state index < -0.39 is 0 Å². The molecule has 4 rings (SSSR count). The van der Waals surface area contributed by atoms with Crippen LogP contribution in [0, 0.1) is 0 Å². The van der Waals surface area contributed by atoms with E-state index in [-0.39, 0.29) is 24.0 Å². The average Bonchev–Trinajstić information content (AvgIpc) is 2.73. The number of anilines is 2. The van der Waals surface area contributed by atoms with Crippen LogP contribution in [-0.2, 0) is 24.1 Å². The predicted molar refractivity (Wildman–Crippen MR) is 125 cm³/mol. The van der Waals surface area contributed by atoms with Gasteiger partial charge in [-0.15, -0.1) is 24.0 Å². The number of nitrogens with two attached hydrogens (primary N) is 1. The van der Waals surface area contributed by atoms with Crippen LogP contribution in [0.5, 0.6) is 0 Å². The number of nitrogens with one attached hydrogen (secondary N) is 1. The Morgan fingerprint density at radius 1 is 1.18 bits per heavy atom. The number of nitrogens with zero attached hydrogens (tertiary/aromatic N) is 3. The Kier molecular flexibility index (Phi) is 7.50. The van der Waals surface area contributed by atoms with E-state index in [1.165, 1.54) is 24.0 Å². The van der Waals surface area contributed by atoms with Crippen LogP contribution in [0.1, 0.15) is 29.5 Å². The fourth-order valence-corrected chi connectivity index (χ4v) is 3.78. The Bertz CT molecular complexity index is 820. The van der Waals surface area contributed by atoms with E-state index >= 15 is 0 Å². The van der Waals surface area contributed by atoms with E-state index in [0.29, 0.717) is 12.5 Å². The third-order valence-corrected chi connectivity index (χ3v) is 5.24. The van der Waals surface area contributed by atoms with E-state index in [1.54, 1.807) is 0 Å². The van der Waals surface area contributed by atoms with Crippen LogP contribution in [0.4, 0.5) is 11.5 Å². The number of aromatic nitrogens is 1. The molecule has 0 radical (unpaired) electrons. The quantitative estimate of drug-likeness (QED) is 0.388. The molecule has 1 aromatic heterocycles. The van der Waals surface area contributed by atoms with Gasteiger partial charge in [0.15, 0.2) is 5.96 Å². The smallest absolute Gasteiger partial charge is 0.193 e. The molecule has 2 heterocycles. The molecule has 6 nitrogen and oxygen atoms in total. The summed E-state index contributed by atoms with van der Waals surface area (Å²) in [5, 5.41) is 3.30. The van der Waals surface area contributed by atoms with Crippen molar-refractivity contribution in [3.63, 3.8) is 0 Å². The number of pyridine rings is 1. The summed E-state index contributed by atoms with van der Waals surface area (Å²) in [6.45, 7) is 3.80. The number of hydrogen-bond acceptors (Lipinski definition) is 4. The maximum absolute atomic E-state index is 6.16. The molecule has 0 spiro atoms. The summed E-state index contributed by atoms with van der Waals surface area (Å²) < 4.78 is 5.41. The lowest BCUT2D eigenvalue weighted by Crippen LogP contribution is -2.36. The van der Waals surface area contributed by atoms with Crippen molar-refractivity contribution in [2.75, 3.05) is 36.5 Å². The summed E-state index contributed by atoms with van der Waals surface area (Å²) in [7, 11) is 0. The highest BCUT2D eigenvalue weighted by Crippen LogP contribution is 2.27. The third-order valence-electron chi connectivity index (χ3n) is 5.24. The molecule has 2 aromatic rings. The van der Waals surface area contributed by atoms with Crippen molar-refractivity contribution in [2.45, 2.75) is 32.2 Å². The summed E-state index contributed by atoms with van der Waals surface area (Å²) >= 11 is 0. The van der Waals surface area contributed by atoms with E-state index in [9.17, 15) is 0 Å². The number of halogens is 1. The summed E-state index contributed by atoms with van der Waals surface area (Å²) in [5.41, 5.74) is 11.2. The Morgan fingerprint density at radius 2 is 2.00 bits per heavy atom. The molecule has 28 heavy (non-hydrogen) atoms. The van der Waals surface area contributed by atoms with Crippen molar-refractivity contribution in [3.05, 3.63) is 53.2 Å². The molecular weight excluding hydrogens is 465 g/mol. The Morgan fingerprint density at radius 3 is 2.86 bits per heavy atom. The number of fused-ring (bicyclic) bond motifs is 1. The number of guanidine groups is 1. The van der Waals surface area contributed by atoms with Gasteiger partial charge in [0.2, 0.25) is 0 Å². The van der Waals surface area contributed by atoms with Crippen molar-refractivity contribution in [1.29, 1.82) is 0 Å². The van der Waals surface area contributed by atoms with Gasteiger partial charge in [-0.1, -0.05) is 12.1 Å². The minimum absolute atomic E-state index is 0. The summed E-state index contributed by atoms with van der Waals surface area (Å²) in [6, 6.07) is 10.5. The molecule has 1 fully saturated rings. The molecule has 1 aliphatic carbocycles. The molecule has 0 atom stereocenters. The predicted octanol–water partition coefficient (Wildman–Crippen LogP) is 3.34. The number of ether oxygens (including phenoxy) is 1. The SMILES string of the molecule is I.NC(=NCc1ccnc(N2CCOCC2)c1)Nc1cccc2c1CCCC2. The number of morpholine rings is 1. The second kappa shape index (κ2) is 10.1. The topological polar surface area (TPSA) is 75.8 Å². The van der Waals surface area contributed by atoms with Crippen LogP contribution in [0.2, 0.25) is 0 Å². The fourth-order valence-electron chi connectivity index (χ4n) is 3.78. The van der Waals surface area contributed by atoms with Crippen molar-refractivity contribution in [3.8, 4) is 0 Å². The van der Waals surface area contributed by atoms with E-state index in [1.807, 2.05) is 12.3 Å². The summed E-state index contributed by atoms with van der Waals surface area (Å²) in [6.07, 6.45) is 6.62. The second-order valence-corrected chi connectivity index (χ2v) is 7.10. The lowest BCUT2D eigenvalue weighted by Gasteiger charge is -2.27. The molecule has 7 heteroatoms. The zero-order valence-electron chi connectivity index (χ0n) is 16.1. The maximum atomic E-state index is 6.16. The number of aryl methyl sites for hydroxylation is 1. The largest absolute Gasteiger partial charge is 0.378 e. The van der Waals surface area contributed by atoms with Crippen molar-refractivity contribution in [1.82, 2.24) is 4.98 Å². The van der Waals surface area contributed by atoms with Crippen molar-refractivity contribution < 1.29 is 4.74 Å². The molecule has 2 aliphatic rings. The number of rotatable bonds is 4. The normalized spacial score (nSPS) is 16.9.